The van der Waals surface area contributed by atoms with Crippen LogP contribution in [-0.4, -0.2) is 0 Å². The number of halogens is 1. The van der Waals surface area contributed by atoms with E-state index in [1.54, 1.807) is 0 Å². The average molecular weight is 563 g/mol. The van der Waals surface area contributed by atoms with Crippen LogP contribution >= 0.6 is 0 Å². The van der Waals surface area contributed by atoms with Crippen molar-refractivity contribution in [1.82, 2.24) is 0 Å². The second-order valence-corrected chi connectivity index (χ2v) is 15.2. The normalized spacial score (nSPS) is 33.0. The molecule has 1 atom stereocenters. The zero-order chi connectivity index (χ0) is 28.4. The highest BCUT2D eigenvalue weighted by molar-refractivity contribution is 5.67. The number of hydrogen-bond donors (Lipinski definition) is 0. The fourth-order valence-corrected chi connectivity index (χ4v) is 9.76. The van der Waals surface area contributed by atoms with E-state index in [0.717, 1.165) is 47.5 Å². The van der Waals surface area contributed by atoms with Gasteiger partial charge in [0.25, 0.3) is 0 Å². The van der Waals surface area contributed by atoms with Crippen LogP contribution in [-0.2, 0) is 0 Å². The summed E-state index contributed by atoms with van der Waals surface area (Å²) in [6.45, 7) is 4.63. The van der Waals surface area contributed by atoms with Crippen LogP contribution in [0.25, 0.3) is 5.57 Å². The minimum Gasteiger partial charge on any atom is -0.206 e. The van der Waals surface area contributed by atoms with Crippen molar-refractivity contribution in [3.8, 4) is 0 Å². The van der Waals surface area contributed by atoms with Crippen molar-refractivity contribution in [1.29, 1.82) is 0 Å². The van der Waals surface area contributed by atoms with Crippen molar-refractivity contribution in [3.05, 3.63) is 41.2 Å². The molecule has 4 aliphatic rings. The molecule has 1 unspecified atom stereocenters. The van der Waals surface area contributed by atoms with Crippen molar-refractivity contribution in [2.75, 3.05) is 0 Å². The molecule has 0 spiro atoms. The first-order chi connectivity index (χ1) is 20.1. The first-order valence-corrected chi connectivity index (χ1v) is 18.6. The predicted octanol–water partition coefficient (Wildman–Crippen LogP) is 13.1. The fraction of sp³-hybridized carbons (Fsp3) is 0.800. The first kappa shape index (κ1) is 31.3. The Bertz CT molecular complexity index is 920. The van der Waals surface area contributed by atoms with E-state index in [9.17, 15) is 0 Å². The Balaban J connectivity index is 1.05. The van der Waals surface area contributed by atoms with Crippen LogP contribution in [0.3, 0.4) is 0 Å². The Labute approximate surface area is 253 Å². The molecule has 3 fully saturated rings. The fourth-order valence-electron chi connectivity index (χ4n) is 9.76. The quantitative estimate of drug-likeness (QED) is 0.222. The second kappa shape index (κ2) is 16.1. The lowest BCUT2D eigenvalue weighted by atomic mass is 9.68. The number of unbranched alkanes of at least 4 members (excludes halogenated alkanes) is 4. The van der Waals surface area contributed by atoms with E-state index in [1.807, 2.05) is 6.07 Å². The van der Waals surface area contributed by atoms with Crippen molar-refractivity contribution in [2.24, 2.45) is 35.5 Å². The van der Waals surface area contributed by atoms with Gasteiger partial charge in [0.1, 0.15) is 5.82 Å². The lowest BCUT2D eigenvalue weighted by Crippen LogP contribution is -2.25. The van der Waals surface area contributed by atoms with Gasteiger partial charge in [-0.2, -0.15) is 0 Å². The molecule has 0 radical (unpaired) electrons. The van der Waals surface area contributed by atoms with Gasteiger partial charge in [0.2, 0.25) is 0 Å². The third-order valence-electron chi connectivity index (χ3n) is 12.6. The van der Waals surface area contributed by atoms with Gasteiger partial charge >= 0.3 is 0 Å². The summed E-state index contributed by atoms with van der Waals surface area (Å²) in [7, 11) is 0. The van der Waals surface area contributed by atoms with E-state index in [-0.39, 0.29) is 5.82 Å². The van der Waals surface area contributed by atoms with Crippen LogP contribution < -0.4 is 0 Å². The van der Waals surface area contributed by atoms with Crippen LogP contribution in [0.1, 0.15) is 179 Å². The highest BCUT2D eigenvalue weighted by Crippen LogP contribution is 2.46. The van der Waals surface area contributed by atoms with Crippen LogP contribution in [0.15, 0.2) is 24.3 Å². The SMILES string of the molecule is CCCCCC1CCC(C2CC=C(c3ccc(C4CCC(C5CCC(CCCCC)CC5)CC4)cc3F)CC2)CC1. The summed E-state index contributed by atoms with van der Waals surface area (Å²) in [6.07, 6.45) is 34.3. The van der Waals surface area contributed by atoms with E-state index in [0.29, 0.717) is 5.92 Å². The minimum absolute atomic E-state index is 0.0447. The average Bonchev–Trinajstić information content (AvgIpc) is 3.02. The molecule has 3 saturated carbocycles. The van der Waals surface area contributed by atoms with Crippen LogP contribution in [0, 0.1) is 41.3 Å². The highest BCUT2D eigenvalue weighted by atomic mass is 19.1. The number of hydrogen-bond acceptors (Lipinski definition) is 0. The molecule has 0 aromatic heterocycles. The van der Waals surface area contributed by atoms with Gasteiger partial charge in [0.15, 0.2) is 0 Å². The molecule has 4 aliphatic carbocycles. The molecule has 0 amide bonds. The van der Waals surface area contributed by atoms with Crippen molar-refractivity contribution in [3.63, 3.8) is 0 Å². The maximum absolute atomic E-state index is 15.5. The van der Waals surface area contributed by atoms with E-state index in [2.05, 4.69) is 32.1 Å². The number of allylic oxidation sites excluding steroid dienone is 2. The molecular formula is C40H63F. The molecule has 0 heterocycles. The predicted molar refractivity (Wildman–Crippen MR) is 176 cm³/mol. The minimum atomic E-state index is 0.0447. The van der Waals surface area contributed by atoms with Gasteiger partial charge in [0, 0.05) is 5.56 Å². The van der Waals surface area contributed by atoms with E-state index in [1.165, 1.54) is 152 Å². The Hall–Kier alpha value is -1.11. The third kappa shape index (κ3) is 8.72. The smallest absolute Gasteiger partial charge is 0.130 e. The molecule has 0 nitrogen and oxygen atoms in total. The van der Waals surface area contributed by atoms with E-state index >= 15 is 4.39 Å². The summed E-state index contributed by atoms with van der Waals surface area (Å²) in [4.78, 5) is 0. The summed E-state index contributed by atoms with van der Waals surface area (Å²) in [5, 5.41) is 0. The molecule has 0 aliphatic heterocycles. The Morgan fingerprint density at radius 2 is 1.15 bits per heavy atom. The van der Waals surface area contributed by atoms with Gasteiger partial charge in [0.05, 0.1) is 0 Å². The van der Waals surface area contributed by atoms with Crippen LogP contribution in [0.4, 0.5) is 4.39 Å². The topological polar surface area (TPSA) is 0 Å². The van der Waals surface area contributed by atoms with Gasteiger partial charge < -0.3 is 0 Å². The first-order valence-electron chi connectivity index (χ1n) is 18.6. The summed E-state index contributed by atoms with van der Waals surface area (Å²) < 4.78 is 15.5. The Kier molecular flexibility index (Phi) is 12.3. The zero-order valence-electron chi connectivity index (χ0n) is 27.0. The Morgan fingerprint density at radius 3 is 1.63 bits per heavy atom. The maximum Gasteiger partial charge on any atom is 0.130 e. The van der Waals surface area contributed by atoms with E-state index in [4.69, 9.17) is 0 Å². The lowest BCUT2D eigenvalue weighted by molar-refractivity contribution is 0.155. The molecule has 0 saturated heterocycles. The summed E-state index contributed by atoms with van der Waals surface area (Å²) in [5.41, 5.74) is 3.46. The molecule has 5 rings (SSSR count). The van der Waals surface area contributed by atoms with Crippen molar-refractivity contribution >= 4 is 5.57 Å². The molecule has 1 aromatic carbocycles. The van der Waals surface area contributed by atoms with Crippen molar-refractivity contribution < 1.29 is 4.39 Å². The zero-order valence-corrected chi connectivity index (χ0v) is 27.0. The molecule has 230 valence electrons. The van der Waals surface area contributed by atoms with Gasteiger partial charge in [-0.05, 0) is 129 Å². The van der Waals surface area contributed by atoms with Crippen molar-refractivity contribution in [2.45, 2.75) is 167 Å². The third-order valence-corrected chi connectivity index (χ3v) is 12.6. The standard InChI is InChI=1S/C40H63F/c1-3-5-7-9-30-11-15-32(16-12-30)34-19-21-36(22-20-34)38-27-28-39(40(41)29-38)37-25-23-35(24-26-37)33-17-13-31(14-18-33)10-8-6-4-2/h25,27-36H,3-24,26H2,1-2H3. The van der Waals surface area contributed by atoms with Gasteiger partial charge in [-0.3, -0.25) is 0 Å². The van der Waals surface area contributed by atoms with E-state index < -0.39 is 0 Å². The molecule has 41 heavy (non-hydrogen) atoms. The van der Waals surface area contributed by atoms with Gasteiger partial charge in [-0.15, -0.1) is 0 Å². The molecular weight excluding hydrogens is 499 g/mol. The van der Waals surface area contributed by atoms with Crippen LogP contribution in [0.5, 0.6) is 0 Å². The van der Waals surface area contributed by atoms with Gasteiger partial charge in [-0.25, -0.2) is 4.39 Å². The molecule has 1 aromatic rings. The second-order valence-electron chi connectivity index (χ2n) is 15.2. The largest absolute Gasteiger partial charge is 0.206 e. The molecule has 0 bridgehead atoms. The molecule has 0 N–H and O–H groups in total. The summed E-state index contributed by atoms with van der Waals surface area (Å²) in [5.74, 6) is 6.28. The van der Waals surface area contributed by atoms with Gasteiger partial charge in [-0.1, -0.05) is 109 Å². The molecule has 1 heteroatoms. The lowest BCUT2D eigenvalue weighted by Gasteiger charge is -2.38. The number of benzene rings is 1. The van der Waals surface area contributed by atoms with Crippen LogP contribution in [0.2, 0.25) is 0 Å². The Morgan fingerprint density at radius 1 is 0.610 bits per heavy atom. The summed E-state index contributed by atoms with van der Waals surface area (Å²) >= 11 is 0. The summed E-state index contributed by atoms with van der Waals surface area (Å²) in [6, 6.07) is 6.36. The maximum atomic E-state index is 15.5. The highest BCUT2D eigenvalue weighted by Gasteiger charge is 2.32. The monoisotopic (exact) mass is 562 g/mol. The number of rotatable bonds is 12.